The Bertz CT molecular complexity index is 1480. The number of carbonyl (C=O) groups is 7. The van der Waals surface area contributed by atoms with E-state index in [1.807, 2.05) is 85.7 Å². The molecule has 1 aromatic rings. The molecule has 0 fully saturated rings. The number of hydrogen-bond acceptors (Lipinski definition) is 9. The molecular formula is C41H68N6O9. The molecule has 0 saturated heterocycles. The van der Waals surface area contributed by atoms with Gasteiger partial charge in [-0.3, -0.25) is 24.0 Å². The lowest BCUT2D eigenvalue weighted by molar-refractivity contribution is -0.149. The topological polar surface area (TPSA) is 210 Å². The quantitative estimate of drug-likeness (QED) is 0.0941. The van der Waals surface area contributed by atoms with Crippen molar-refractivity contribution in [1.29, 1.82) is 0 Å². The van der Waals surface area contributed by atoms with Gasteiger partial charge in [0.2, 0.25) is 29.5 Å². The average Bonchev–Trinajstić information content (AvgIpc) is 3.08. The van der Waals surface area contributed by atoms with E-state index in [-0.39, 0.29) is 56.0 Å². The number of nitrogens with one attached hydrogen (secondary N) is 6. The van der Waals surface area contributed by atoms with E-state index in [0.29, 0.717) is 0 Å². The largest absolute Gasteiger partial charge is 0.467 e. The van der Waals surface area contributed by atoms with Crippen LogP contribution in [0.1, 0.15) is 114 Å². The minimum Gasteiger partial charge on any atom is -0.467 e. The summed E-state index contributed by atoms with van der Waals surface area (Å²) in [5.41, 5.74) is -2.13. The minimum absolute atomic E-state index is 0.0104. The van der Waals surface area contributed by atoms with Crippen LogP contribution in [-0.4, -0.2) is 84.0 Å². The molecule has 15 nitrogen and oxygen atoms in total. The van der Waals surface area contributed by atoms with Crippen molar-refractivity contribution in [2.75, 3.05) is 7.11 Å². The van der Waals surface area contributed by atoms with E-state index in [2.05, 4.69) is 31.9 Å². The molecule has 0 heterocycles. The molecule has 0 bridgehead atoms. The highest BCUT2D eigenvalue weighted by atomic mass is 16.5. The van der Waals surface area contributed by atoms with Crippen molar-refractivity contribution in [2.45, 2.75) is 151 Å². The van der Waals surface area contributed by atoms with Gasteiger partial charge in [0.25, 0.3) is 0 Å². The summed E-state index contributed by atoms with van der Waals surface area (Å²) in [7, 11) is 1.21. The van der Waals surface area contributed by atoms with Crippen molar-refractivity contribution in [2.24, 2.45) is 23.7 Å². The van der Waals surface area contributed by atoms with Crippen LogP contribution in [0.3, 0.4) is 0 Å². The predicted octanol–water partition coefficient (Wildman–Crippen LogP) is 3.88. The number of ether oxygens (including phenoxy) is 2. The third kappa shape index (κ3) is 17.8. The first-order chi connectivity index (χ1) is 25.9. The normalized spacial score (nSPS) is 13.9. The summed E-state index contributed by atoms with van der Waals surface area (Å²) in [5, 5.41) is 16.3. The van der Waals surface area contributed by atoms with E-state index in [1.54, 1.807) is 0 Å². The fraction of sp³-hybridized carbons (Fsp3) is 0.683. The number of hydrogen-bond donors (Lipinski definition) is 6. The summed E-state index contributed by atoms with van der Waals surface area (Å²) in [6, 6.07) is 4.94. The molecule has 6 amide bonds. The highest BCUT2D eigenvalue weighted by Crippen LogP contribution is 2.15. The Labute approximate surface area is 333 Å². The number of benzene rings is 1. The molecule has 0 aliphatic carbocycles. The van der Waals surface area contributed by atoms with Crippen molar-refractivity contribution in [3.8, 4) is 0 Å². The third-order valence-electron chi connectivity index (χ3n) is 8.67. The molecule has 1 aromatic carbocycles. The molecule has 0 unspecified atom stereocenters. The van der Waals surface area contributed by atoms with Gasteiger partial charge in [-0.15, -0.1) is 0 Å². The fourth-order valence-electron chi connectivity index (χ4n) is 5.76. The summed E-state index contributed by atoms with van der Waals surface area (Å²) in [4.78, 5) is 93.2. The monoisotopic (exact) mass is 789 g/mol. The summed E-state index contributed by atoms with van der Waals surface area (Å²) in [5.74, 6) is -3.82. The lowest BCUT2D eigenvalue weighted by atomic mass is 9.96. The van der Waals surface area contributed by atoms with Gasteiger partial charge in [0, 0.05) is 0 Å². The van der Waals surface area contributed by atoms with E-state index in [4.69, 9.17) is 9.47 Å². The highest BCUT2D eigenvalue weighted by molar-refractivity contribution is 5.98. The van der Waals surface area contributed by atoms with Gasteiger partial charge in [0.15, 0.2) is 0 Å². The van der Waals surface area contributed by atoms with E-state index in [9.17, 15) is 33.6 Å². The molecule has 15 heteroatoms. The van der Waals surface area contributed by atoms with Crippen molar-refractivity contribution in [3.63, 3.8) is 0 Å². The van der Waals surface area contributed by atoms with Gasteiger partial charge in [-0.25, -0.2) is 9.59 Å². The Kier molecular flexibility index (Phi) is 20.1. The van der Waals surface area contributed by atoms with Gasteiger partial charge in [-0.1, -0.05) is 85.7 Å². The van der Waals surface area contributed by atoms with Gasteiger partial charge in [-0.05, 0) is 82.6 Å². The zero-order valence-corrected chi connectivity index (χ0v) is 35.7. The van der Waals surface area contributed by atoms with Crippen LogP contribution in [0.2, 0.25) is 0 Å². The molecule has 6 N–H and O–H groups in total. The Morgan fingerprint density at radius 3 is 1.30 bits per heavy atom. The number of carbonyl (C=O) groups excluding carboxylic acids is 7. The minimum atomic E-state index is -1.55. The molecule has 0 radical (unpaired) electrons. The van der Waals surface area contributed by atoms with Crippen LogP contribution in [-0.2, 0) is 44.8 Å². The van der Waals surface area contributed by atoms with Crippen LogP contribution in [0, 0.1) is 23.7 Å². The summed E-state index contributed by atoms with van der Waals surface area (Å²) in [6.07, 6.45) is 0.197. The molecule has 316 valence electrons. The number of rotatable bonds is 22. The van der Waals surface area contributed by atoms with E-state index >= 15 is 0 Å². The molecule has 56 heavy (non-hydrogen) atoms. The molecule has 0 saturated carbocycles. The molecule has 0 aliphatic heterocycles. The van der Waals surface area contributed by atoms with Gasteiger partial charge in [0.05, 0.1) is 7.11 Å². The Morgan fingerprint density at radius 1 is 0.536 bits per heavy atom. The molecular weight excluding hydrogens is 720 g/mol. The van der Waals surface area contributed by atoms with Gasteiger partial charge in [0.1, 0.15) is 41.9 Å². The summed E-state index contributed by atoms with van der Waals surface area (Å²) in [6.45, 7) is 21.0. The molecule has 1 rings (SSSR count). The zero-order valence-electron chi connectivity index (χ0n) is 35.7. The SMILES string of the molecule is COC(=O)C(C)(C)NC(=O)[C@@H](CC(C)C)NC(=O)[C@@H](CC(C)C)NC(=O)C(C)(C)NC(=O)[C@H](CC(C)C)NC(=O)[C@H](CC(C)C)NC(=O)OCc1ccccc1. The number of esters is 1. The van der Waals surface area contributed by atoms with Crippen LogP contribution in [0.5, 0.6) is 0 Å². The maximum Gasteiger partial charge on any atom is 0.408 e. The van der Waals surface area contributed by atoms with Crippen LogP contribution in [0.25, 0.3) is 0 Å². The van der Waals surface area contributed by atoms with Crippen molar-refractivity contribution in [1.82, 2.24) is 31.9 Å². The van der Waals surface area contributed by atoms with Crippen molar-refractivity contribution < 1.29 is 43.0 Å². The molecule has 0 spiro atoms. The smallest absolute Gasteiger partial charge is 0.408 e. The van der Waals surface area contributed by atoms with E-state index < -0.39 is 76.8 Å². The maximum absolute atomic E-state index is 13.8. The highest BCUT2D eigenvalue weighted by Gasteiger charge is 2.38. The number of alkyl carbamates (subject to hydrolysis) is 1. The second kappa shape index (κ2) is 22.8. The Balaban J connectivity index is 3.16. The predicted molar refractivity (Wildman–Crippen MR) is 214 cm³/mol. The number of methoxy groups -OCH3 is 1. The molecule has 0 aromatic heterocycles. The van der Waals surface area contributed by atoms with Crippen LogP contribution in [0.4, 0.5) is 4.79 Å². The van der Waals surface area contributed by atoms with Crippen molar-refractivity contribution in [3.05, 3.63) is 35.9 Å². The van der Waals surface area contributed by atoms with E-state index in [1.165, 1.54) is 34.8 Å². The first kappa shape index (κ1) is 49.3. The van der Waals surface area contributed by atoms with Crippen molar-refractivity contribution >= 4 is 41.6 Å². The Morgan fingerprint density at radius 2 is 0.911 bits per heavy atom. The Hall–Kier alpha value is -4.69. The standard InChI is InChI=1S/C41H68N6O9/c1-24(2)19-29(33(48)42-32(22-27(7)8)36(51)47-41(11,12)38(53)55-13)44-37(52)40(9,10)46-35(50)31(21-26(5)6)43-34(49)30(20-25(3)4)45-39(54)56-23-28-17-15-14-16-18-28/h14-18,24-27,29-32H,19-23H2,1-13H3,(H,42,48)(H,43,49)(H,44,52)(H,45,54)(H,46,50)(H,47,51)/t29-,30+,31+,32-/m1/s1. The lowest BCUT2D eigenvalue weighted by Crippen LogP contribution is -2.63. The second-order valence-electron chi connectivity index (χ2n) is 17.1. The van der Waals surface area contributed by atoms with Crippen LogP contribution >= 0.6 is 0 Å². The first-order valence-corrected chi connectivity index (χ1v) is 19.5. The maximum atomic E-state index is 13.8. The summed E-state index contributed by atoms with van der Waals surface area (Å²) < 4.78 is 10.1. The zero-order chi connectivity index (χ0) is 43.0. The number of amides is 6. The second-order valence-corrected chi connectivity index (χ2v) is 17.1. The fourth-order valence-corrected chi connectivity index (χ4v) is 5.76. The summed E-state index contributed by atoms with van der Waals surface area (Å²) >= 11 is 0. The van der Waals surface area contributed by atoms with E-state index in [0.717, 1.165) is 5.56 Å². The lowest BCUT2D eigenvalue weighted by Gasteiger charge is -2.32. The van der Waals surface area contributed by atoms with Crippen LogP contribution in [0.15, 0.2) is 30.3 Å². The van der Waals surface area contributed by atoms with Gasteiger partial charge in [-0.2, -0.15) is 0 Å². The van der Waals surface area contributed by atoms with Crippen LogP contribution < -0.4 is 31.9 Å². The average molecular weight is 789 g/mol. The molecule has 4 atom stereocenters. The van der Waals surface area contributed by atoms with Gasteiger partial charge < -0.3 is 41.4 Å². The first-order valence-electron chi connectivity index (χ1n) is 19.5. The van der Waals surface area contributed by atoms with Gasteiger partial charge >= 0.3 is 12.1 Å². The molecule has 0 aliphatic rings. The third-order valence-corrected chi connectivity index (χ3v) is 8.67.